The molecule has 1 heterocycles. The molecule has 1 aromatic rings. The molecule has 0 bridgehead atoms. The molecular weight excluding hydrogens is 260 g/mol. The second-order valence-corrected chi connectivity index (χ2v) is 5.04. The van der Waals surface area contributed by atoms with Gasteiger partial charge in [-0.2, -0.15) is 0 Å². The van der Waals surface area contributed by atoms with E-state index in [1.807, 2.05) is 4.90 Å². The van der Waals surface area contributed by atoms with E-state index in [9.17, 15) is 15.0 Å². The van der Waals surface area contributed by atoms with Crippen molar-refractivity contribution in [3.8, 4) is 11.5 Å². The van der Waals surface area contributed by atoms with E-state index in [-0.39, 0.29) is 11.5 Å². The van der Waals surface area contributed by atoms with Gasteiger partial charge in [0.2, 0.25) is 0 Å². The first-order valence-corrected chi connectivity index (χ1v) is 6.56. The Hall–Kier alpha value is -1.79. The lowest BCUT2D eigenvalue weighted by Gasteiger charge is -2.41. The first-order valence-electron chi connectivity index (χ1n) is 6.56. The van der Waals surface area contributed by atoms with E-state index < -0.39 is 11.5 Å². The number of aromatic hydroxyl groups is 2. The summed E-state index contributed by atoms with van der Waals surface area (Å²) in [6.45, 7) is 4.66. The van der Waals surface area contributed by atoms with E-state index in [0.29, 0.717) is 18.7 Å². The summed E-state index contributed by atoms with van der Waals surface area (Å²) in [7, 11) is 1.34. The van der Waals surface area contributed by atoms with Crippen molar-refractivity contribution in [3.05, 3.63) is 23.8 Å². The van der Waals surface area contributed by atoms with E-state index >= 15 is 0 Å². The number of ether oxygens (including phenoxy) is 1. The average molecular weight is 280 g/mol. The van der Waals surface area contributed by atoms with E-state index in [0.717, 1.165) is 13.1 Å². The zero-order valence-corrected chi connectivity index (χ0v) is 11.7. The smallest absolute Gasteiger partial charge is 0.330 e. The minimum atomic E-state index is -1.03. The van der Waals surface area contributed by atoms with Gasteiger partial charge in [-0.25, -0.2) is 4.79 Å². The second-order valence-electron chi connectivity index (χ2n) is 5.04. The number of phenols is 2. The van der Waals surface area contributed by atoms with Crippen LogP contribution in [0, 0.1) is 0 Å². The van der Waals surface area contributed by atoms with Crippen LogP contribution in [-0.4, -0.2) is 54.4 Å². The third-order valence-electron chi connectivity index (χ3n) is 3.80. The molecule has 0 radical (unpaired) electrons. The van der Waals surface area contributed by atoms with Crippen LogP contribution in [0.15, 0.2) is 18.2 Å². The first kappa shape index (κ1) is 14.6. The predicted molar refractivity (Wildman–Crippen MR) is 73.6 cm³/mol. The number of carbonyl (C=O) groups is 1. The fourth-order valence-electron chi connectivity index (χ4n) is 2.62. The van der Waals surface area contributed by atoms with Gasteiger partial charge in [-0.1, -0.05) is 0 Å². The standard InChI is InChI=1S/C14H20N2O4/c1-14(13(19)20-2,16-5-3-15-4-6-16)10-7-11(17)9-12(18)8-10/h7-9,15,17-18H,3-6H2,1-2H3. The molecule has 1 saturated heterocycles. The quantitative estimate of drug-likeness (QED) is 0.695. The van der Waals surface area contributed by atoms with Crippen LogP contribution in [0.4, 0.5) is 0 Å². The number of rotatable bonds is 3. The fourth-order valence-corrected chi connectivity index (χ4v) is 2.62. The van der Waals surface area contributed by atoms with Gasteiger partial charge in [-0.05, 0) is 24.6 Å². The highest BCUT2D eigenvalue weighted by molar-refractivity contribution is 5.82. The SMILES string of the molecule is COC(=O)C(C)(c1cc(O)cc(O)c1)N1CCNCC1. The molecule has 0 amide bonds. The number of esters is 1. The van der Waals surface area contributed by atoms with Gasteiger partial charge < -0.3 is 20.3 Å². The lowest BCUT2D eigenvalue weighted by atomic mass is 9.89. The fraction of sp³-hybridized carbons (Fsp3) is 0.500. The minimum absolute atomic E-state index is 0.0785. The molecule has 0 spiro atoms. The van der Waals surface area contributed by atoms with Crippen molar-refractivity contribution in [1.29, 1.82) is 0 Å². The summed E-state index contributed by atoms with van der Waals surface area (Å²) < 4.78 is 4.94. The van der Waals surface area contributed by atoms with Crippen molar-refractivity contribution in [2.45, 2.75) is 12.5 Å². The third kappa shape index (κ3) is 2.57. The molecule has 110 valence electrons. The number of phenolic OH excluding ortho intramolecular Hbond substituents is 2. The molecule has 6 heteroatoms. The summed E-state index contributed by atoms with van der Waals surface area (Å²) in [5.41, 5.74) is -0.517. The summed E-state index contributed by atoms with van der Waals surface area (Å²) >= 11 is 0. The molecule has 1 aliphatic rings. The van der Waals surface area contributed by atoms with E-state index in [1.165, 1.54) is 25.3 Å². The number of hydrogen-bond acceptors (Lipinski definition) is 6. The molecule has 3 N–H and O–H groups in total. The van der Waals surface area contributed by atoms with Gasteiger partial charge in [-0.15, -0.1) is 0 Å². The second kappa shape index (κ2) is 5.68. The molecular formula is C14H20N2O4. The zero-order valence-electron chi connectivity index (χ0n) is 11.7. The molecule has 20 heavy (non-hydrogen) atoms. The number of carbonyl (C=O) groups excluding carboxylic acids is 1. The third-order valence-corrected chi connectivity index (χ3v) is 3.80. The summed E-state index contributed by atoms with van der Waals surface area (Å²) in [5.74, 6) is -0.570. The molecule has 1 atom stereocenters. The molecule has 1 unspecified atom stereocenters. The maximum absolute atomic E-state index is 12.3. The Morgan fingerprint density at radius 1 is 1.25 bits per heavy atom. The number of nitrogens with one attached hydrogen (secondary N) is 1. The maximum atomic E-state index is 12.3. The highest BCUT2D eigenvalue weighted by Crippen LogP contribution is 2.34. The number of methoxy groups -OCH3 is 1. The predicted octanol–water partition coefficient (Wildman–Crippen LogP) is 0.391. The Balaban J connectivity index is 2.47. The molecule has 6 nitrogen and oxygen atoms in total. The van der Waals surface area contributed by atoms with Gasteiger partial charge in [0.1, 0.15) is 17.0 Å². The number of piperazine rings is 1. The Kier molecular flexibility index (Phi) is 4.15. The van der Waals surface area contributed by atoms with Crippen molar-refractivity contribution < 1.29 is 19.7 Å². The van der Waals surface area contributed by atoms with Gasteiger partial charge >= 0.3 is 5.97 Å². The minimum Gasteiger partial charge on any atom is -0.508 e. The van der Waals surface area contributed by atoms with Gasteiger partial charge in [0, 0.05) is 32.2 Å². The van der Waals surface area contributed by atoms with Crippen LogP contribution in [0.3, 0.4) is 0 Å². The van der Waals surface area contributed by atoms with Gasteiger partial charge in [0.05, 0.1) is 7.11 Å². The highest BCUT2D eigenvalue weighted by atomic mass is 16.5. The number of hydrogen-bond donors (Lipinski definition) is 3. The Morgan fingerprint density at radius 2 is 1.80 bits per heavy atom. The summed E-state index contributed by atoms with van der Waals surface area (Å²) in [6.07, 6.45) is 0. The van der Waals surface area contributed by atoms with Gasteiger partial charge in [0.25, 0.3) is 0 Å². The van der Waals surface area contributed by atoms with E-state index in [4.69, 9.17) is 4.74 Å². The van der Waals surface area contributed by atoms with Crippen LogP contribution in [-0.2, 0) is 15.1 Å². The summed E-state index contributed by atoms with van der Waals surface area (Å²) in [6, 6.07) is 4.20. The van der Waals surface area contributed by atoms with Gasteiger partial charge in [-0.3, -0.25) is 4.90 Å². The maximum Gasteiger partial charge on any atom is 0.330 e. The normalized spacial score (nSPS) is 19.3. The van der Waals surface area contributed by atoms with Crippen molar-refractivity contribution in [2.75, 3.05) is 33.3 Å². The Bertz CT molecular complexity index is 480. The summed E-state index contributed by atoms with van der Waals surface area (Å²) in [5, 5.41) is 22.6. The molecule has 0 aliphatic carbocycles. The molecule has 1 fully saturated rings. The van der Waals surface area contributed by atoms with Gasteiger partial charge in [0.15, 0.2) is 0 Å². The lowest BCUT2D eigenvalue weighted by molar-refractivity contribution is -0.155. The molecule has 1 aromatic carbocycles. The highest BCUT2D eigenvalue weighted by Gasteiger charge is 2.43. The molecule has 2 rings (SSSR count). The number of benzene rings is 1. The van der Waals surface area contributed by atoms with Crippen molar-refractivity contribution in [1.82, 2.24) is 10.2 Å². The molecule has 0 aromatic heterocycles. The largest absolute Gasteiger partial charge is 0.508 e. The van der Waals surface area contributed by atoms with Crippen LogP contribution in [0.1, 0.15) is 12.5 Å². The van der Waals surface area contributed by atoms with E-state index in [1.54, 1.807) is 6.92 Å². The lowest BCUT2D eigenvalue weighted by Crippen LogP contribution is -2.57. The van der Waals surface area contributed by atoms with Crippen LogP contribution < -0.4 is 5.32 Å². The number of nitrogens with zero attached hydrogens (tertiary/aromatic N) is 1. The van der Waals surface area contributed by atoms with E-state index in [2.05, 4.69) is 5.32 Å². The van der Waals surface area contributed by atoms with Crippen LogP contribution >= 0.6 is 0 Å². The van der Waals surface area contributed by atoms with Crippen LogP contribution in [0.5, 0.6) is 11.5 Å². The Morgan fingerprint density at radius 3 is 2.30 bits per heavy atom. The molecule has 0 saturated carbocycles. The first-order chi connectivity index (χ1) is 9.48. The average Bonchev–Trinajstić information content (AvgIpc) is 2.45. The summed E-state index contributed by atoms with van der Waals surface area (Å²) in [4.78, 5) is 14.3. The zero-order chi connectivity index (χ0) is 14.8. The monoisotopic (exact) mass is 280 g/mol. The van der Waals surface area contributed by atoms with Crippen molar-refractivity contribution >= 4 is 5.97 Å². The Labute approximate surface area is 118 Å². The van der Waals surface area contributed by atoms with Crippen molar-refractivity contribution in [2.24, 2.45) is 0 Å². The van der Waals surface area contributed by atoms with Crippen molar-refractivity contribution in [3.63, 3.8) is 0 Å². The van der Waals surface area contributed by atoms with Crippen LogP contribution in [0.25, 0.3) is 0 Å². The topological polar surface area (TPSA) is 82.0 Å². The van der Waals surface area contributed by atoms with Crippen LogP contribution in [0.2, 0.25) is 0 Å². The molecule has 1 aliphatic heterocycles.